The third-order valence-electron chi connectivity index (χ3n) is 2.26. The van der Waals surface area contributed by atoms with E-state index in [4.69, 9.17) is 4.74 Å². The van der Waals surface area contributed by atoms with Crippen LogP contribution in [0.15, 0.2) is 35.3 Å². The molecule has 0 spiro atoms. The predicted molar refractivity (Wildman–Crippen MR) is 61.3 cm³/mol. The fourth-order valence-corrected chi connectivity index (χ4v) is 1.63. The molecule has 78 valence electrons. The first-order valence-electron chi connectivity index (χ1n) is 4.59. The minimum Gasteiger partial charge on any atom is -0.405 e. The van der Waals surface area contributed by atoms with Gasteiger partial charge in [0.05, 0.1) is 0 Å². The van der Waals surface area contributed by atoms with Gasteiger partial charge in [-0.25, -0.2) is 9.79 Å². The quantitative estimate of drug-likeness (QED) is 0.609. The summed E-state index contributed by atoms with van der Waals surface area (Å²) < 4.78 is 5.13. The molecule has 0 radical (unpaired) electrons. The molecule has 0 N–H and O–H groups in total. The standard InChI is InChI=1S/C11H10BrNO2/c1-11(7-12)10(14)15-9(13-11)8-5-3-2-4-6-8/h2-6H,7H2,1H3/t11-/m0/s1. The summed E-state index contributed by atoms with van der Waals surface area (Å²) in [6.07, 6.45) is 0. The molecule has 0 aliphatic carbocycles. The molecular formula is C11H10BrNO2. The number of alkyl halides is 1. The van der Waals surface area contributed by atoms with Gasteiger partial charge < -0.3 is 4.74 Å². The third kappa shape index (κ3) is 1.81. The van der Waals surface area contributed by atoms with Crippen molar-refractivity contribution >= 4 is 27.8 Å². The zero-order valence-electron chi connectivity index (χ0n) is 8.24. The molecule has 0 amide bonds. The lowest BCUT2D eigenvalue weighted by Gasteiger charge is -2.10. The van der Waals surface area contributed by atoms with E-state index in [1.165, 1.54) is 0 Å². The Morgan fingerprint density at radius 3 is 2.60 bits per heavy atom. The summed E-state index contributed by atoms with van der Waals surface area (Å²) in [4.78, 5) is 15.8. The number of aliphatic imine (C=N–C) groups is 1. The molecule has 0 saturated heterocycles. The van der Waals surface area contributed by atoms with E-state index >= 15 is 0 Å². The van der Waals surface area contributed by atoms with Gasteiger partial charge in [-0.3, -0.25) is 0 Å². The van der Waals surface area contributed by atoms with Crippen LogP contribution in [-0.2, 0) is 9.53 Å². The van der Waals surface area contributed by atoms with Crippen molar-refractivity contribution in [2.75, 3.05) is 5.33 Å². The van der Waals surface area contributed by atoms with Crippen LogP contribution >= 0.6 is 15.9 Å². The summed E-state index contributed by atoms with van der Waals surface area (Å²) in [6, 6.07) is 9.41. The van der Waals surface area contributed by atoms with Gasteiger partial charge in [-0.05, 0) is 19.1 Å². The molecule has 0 saturated carbocycles. The lowest BCUT2D eigenvalue weighted by Crippen LogP contribution is -2.31. The van der Waals surface area contributed by atoms with Crippen LogP contribution in [0.2, 0.25) is 0 Å². The molecule has 15 heavy (non-hydrogen) atoms. The Morgan fingerprint density at radius 1 is 1.40 bits per heavy atom. The van der Waals surface area contributed by atoms with E-state index in [1.54, 1.807) is 6.92 Å². The number of carbonyl (C=O) groups excluding carboxylic acids is 1. The van der Waals surface area contributed by atoms with Gasteiger partial charge in [0.1, 0.15) is 0 Å². The highest BCUT2D eigenvalue weighted by atomic mass is 79.9. The van der Waals surface area contributed by atoms with E-state index in [0.717, 1.165) is 5.56 Å². The number of nitrogens with zero attached hydrogens (tertiary/aromatic N) is 1. The van der Waals surface area contributed by atoms with Gasteiger partial charge in [-0.1, -0.05) is 34.1 Å². The molecule has 1 atom stereocenters. The Bertz CT molecular complexity index is 416. The zero-order valence-corrected chi connectivity index (χ0v) is 9.82. The summed E-state index contributed by atoms with van der Waals surface area (Å²) in [5.74, 6) is 0.0979. The van der Waals surface area contributed by atoms with Crippen LogP contribution in [0.5, 0.6) is 0 Å². The number of ether oxygens (including phenoxy) is 1. The molecule has 0 aromatic heterocycles. The van der Waals surface area contributed by atoms with Crippen LogP contribution in [0.1, 0.15) is 12.5 Å². The molecular weight excluding hydrogens is 258 g/mol. The first-order chi connectivity index (χ1) is 7.15. The summed E-state index contributed by atoms with van der Waals surface area (Å²) in [7, 11) is 0. The van der Waals surface area contributed by atoms with Crippen LogP contribution in [-0.4, -0.2) is 22.7 Å². The highest BCUT2D eigenvalue weighted by molar-refractivity contribution is 9.09. The number of benzene rings is 1. The van der Waals surface area contributed by atoms with Crippen LogP contribution in [0, 0.1) is 0 Å². The second-order valence-electron chi connectivity index (χ2n) is 3.58. The smallest absolute Gasteiger partial charge is 0.341 e. The summed E-state index contributed by atoms with van der Waals surface area (Å²) in [6.45, 7) is 1.75. The van der Waals surface area contributed by atoms with Gasteiger partial charge in [-0.2, -0.15) is 0 Å². The summed E-state index contributed by atoms with van der Waals surface area (Å²) in [5, 5.41) is 0.467. The fraction of sp³-hybridized carbons (Fsp3) is 0.273. The molecule has 0 unspecified atom stereocenters. The van der Waals surface area contributed by atoms with Gasteiger partial charge in [0, 0.05) is 10.9 Å². The Morgan fingerprint density at radius 2 is 2.07 bits per heavy atom. The number of rotatable bonds is 2. The van der Waals surface area contributed by atoms with Crippen molar-refractivity contribution in [2.45, 2.75) is 12.5 Å². The molecule has 2 rings (SSSR count). The average molecular weight is 268 g/mol. The van der Waals surface area contributed by atoms with Crippen molar-refractivity contribution in [2.24, 2.45) is 4.99 Å². The maximum absolute atomic E-state index is 11.5. The van der Waals surface area contributed by atoms with Gasteiger partial charge in [0.2, 0.25) is 5.90 Å². The van der Waals surface area contributed by atoms with Crippen LogP contribution in [0.3, 0.4) is 0 Å². The van der Waals surface area contributed by atoms with E-state index in [0.29, 0.717) is 11.2 Å². The zero-order chi connectivity index (χ0) is 10.9. The third-order valence-corrected chi connectivity index (χ3v) is 3.35. The number of halogens is 1. The minimum absolute atomic E-state index is 0.307. The summed E-state index contributed by atoms with van der Waals surface area (Å²) in [5.41, 5.74) is 0.0427. The van der Waals surface area contributed by atoms with Gasteiger partial charge >= 0.3 is 5.97 Å². The minimum atomic E-state index is -0.787. The maximum atomic E-state index is 11.5. The lowest BCUT2D eigenvalue weighted by atomic mass is 10.1. The van der Waals surface area contributed by atoms with Crippen molar-refractivity contribution in [3.8, 4) is 0 Å². The number of carbonyl (C=O) groups is 1. The second-order valence-corrected chi connectivity index (χ2v) is 4.14. The van der Waals surface area contributed by atoms with Gasteiger partial charge in [-0.15, -0.1) is 0 Å². The Labute approximate surface area is 96.3 Å². The summed E-state index contributed by atoms with van der Waals surface area (Å²) >= 11 is 3.26. The van der Waals surface area contributed by atoms with Crippen LogP contribution in [0.4, 0.5) is 0 Å². The molecule has 0 fully saturated rings. The topological polar surface area (TPSA) is 38.7 Å². The first-order valence-corrected chi connectivity index (χ1v) is 5.71. The van der Waals surface area contributed by atoms with Crippen molar-refractivity contribution in [1.82, 2.24) is 0 Å². The molecule has 3 nitrogen and oxygen atoms in total. The van der Waals surface area contributed by atoms with Crippen LogP contribution < -0.4 is 0 Å². The number of cyclic esters (lactones) is 1. The second kappa shape index (κ2) is 3.77. The molecule has 1 aliphatic rings. The first kappa shape index (κ1) is 10.4. The van der Waals surface area contributed by atoms with E-state index < -0.39 is 5.54 Å². The van der Waals surface area contributed by atoms with Crippen molar-refractivity contribution in [3.63, 3.8) is 0 Å². The largest absolute Gasteiger partial charge is 0.405 e. The van der Waals surface area contributed by atoms with Crippen LogP contribution in [0.25, 0.3) is 0 Å². The number of hydrogen-bond donors (Lipinski definition) is 0. The monoisotopic (exact) mass is 267 g/mol. The Hall–Kier alpha value is -1.16. The highest BCUT2D eigenvalue weighted by Crippen LogP contribution is 2.24. The molecule has 1 aromatic carbocycles. The van der Waals surface area contributed by atoms with Crippen molar-refractivity contribution in [3.05, 3.63) is 35.9 Å². The van der Waals surface area contributed by atoms with E-state index in [9.17, 15) is 4.79 Å². The Kier molecular flexibility index (Phi) is 2.61. The molecule has 1 heterocycles. The van der Waals surface area contributed by atoms with Crippen molar-refractivity contribution in [1.29, 1.82) is 0 Å². The molecule has 1 aliphatic heterocycles. The van der Waals surface area contributed by atoms with E-state index in [2.05, 4.69) is 20.9 Å². The van der Waals surface area contributed by atoms with Gasteiger partial charge in [0.25, 0.3) is 0 Å². The maximum Gasteiger partial charge on any atom is 0.341 e. The normalized spacial score (nSPS) is 24.9. The van der Waals surface area contributed by atoms with Gasteiger partial charge in [0.15, 0.2) is 5.54 Å². The highest BCUT2D eigenvalue weighted by Gasteiger charge is 2.40. The Balaban J connectivity index is 2.35. The number of esters is 1. The van der Waals surface area contributed by atoms with E-state index in [-0.39, 0.29) is 5.97 Å². The fourth-order valence-electron chi connectivity index (χ4n) is 1.28. The molecule has 0 bridgehead atoms. The number of hydrogen-bond acceptors (Lipinski definition) is 3. The average Bonchev–Trinajstić information content (AvgIpc) is 2.58. The lowest BCUT2D eigenvalue weighted by molar-refractivity contribution is -0.137. The van der Waals surface area contributed by atoms with Crippen molar-refractivity contribution < 1.29 is 9.53 Å². The SMILES string of the molecule is C[C@@]1(CBr)N=C(c2ccccc2)OC1=O. The molecule has 1 aromatic rings. The van der Waals surface area contributed by atoms with E-state index in [1.807, 2.05) is 30.3 Å². The molecule has 4 heteroatoms. The predicted octanol–water partition coefficient (Wildman–Crippen LogP) is 2.14.